The Bertz CT molecular complexity index is 671. The molecule has 2 atom stereocenters. The molecular formula is C17H19N3O3. The van der Waals surface area contributed by atoms with Crippen molar-refractivity contribution in [3.05, 3.63) is 48.0 Å². The Morgan fingerprint density at radius 1 is 1.35 bits per heavy atom. The Balaban J connectivity index is 1.71. The summed E-state index contributed by atoms with van der Waals surface area (Å²) >= 11 is 0. The number of amides is 4. The number of benzene rings is 1. The number of nitrogens with zero attached hydrogens (tertiary/aromatic N) is 1. The summed E-state index contributed by atoms with van der Waals surface area (Å²) in [6, 6.07) is 8.36. The molecule has 0 aromatic heterocycles. The maximum Gasteiger partial charge on any atom is 0.344 e. The molecule has 23 heavy (non-hydrogen) atoms. The van der Waals surface area contributed by atoms with Gasteiger partial charge in [-0.15, -0.1) is 0 Å². The van der Waals surface area contributed by atoms with Crippen molar-refractivity contribution in [1.29, 1.82) is 0 Å². The van der Waals surface area contributed by atoms with E-state index in [1.807, 2.05) is 18.2 Å². The van der Waals surface area contributed by atoms with Crippen LogP contribution in [0.1, 0.15) is 31.7 Å². The van der Waals surface area contributed by atoms with Crippen LogP contribution in [0.2, 0.25) is 0 Å². The first kappa shape index (κ1) is 15.3. The van der Waals surface area contributed by atoms with Crippen LogP contribution < -0.4 is 10.7 Å². The van der Waals surface area contributed by atoms with Gasteiger partial charge in [-0.2, -0.15) is 5.01 Å². The van der Waals surface area contributed by atoms with Crippen molar-refractivity contribution in [2.75, 3.05) is 0 Å². The van der Waals surface area contributed by atoms with Crippen LogP contribution in [0.25, 0.3) is 0 Å². The second-order valence-corrected chi connectivity index (χ2v) is 6.07. The molecule has 1 saturated heterocycles. The molecule has 2 N–H and O–H groups in total. The Morgan fingerprint density at radius 2 is 2.09 bits per heavy atom. The first-order valence-corrected chi connectivity index (χ1v) is 7.69. The van der Waals surface area contributed by atoms with Crippen LogP contribution >= 0.6 is 0 Å². The SMILES string of the molecule is CC1(c2ccccc2)NC(=O)N(NC(=O)CC2C=CCC2)C1=O. The number of allylic oxidation sites excluding steroid dienone is 2. The summed E-state index contributed by atoms with van der Waals surface area (Å²) in [7, 11) is 0. The van der Waals surface area contributed by atoms with Crippen LogP contribution in [0.3, 0.4) is 0 Å². The van der Waals surface area contributed by atoms with Gasteiger partial charge in [-0.25, -0.2) is 4.79 Å². The fourth-order valence-electron chi connectivity index (χ4n) is 2.98. The van der Waals surface area contributed by atoms with Crippen LogP contribution in [0.15, 0.2) is 42.5 Å². The highest BCUT2D eigenvalue weighted by Gasteiger charge is 2.49. The maximum absolute atomic E-state index is 12.6. The van der Waals surface area contributed by atoms with Crippen LogP contribution in [0, 0.1) is 5.92 Å². The first-order valence-electron chi connectivity index (χ1n) is 7.69. The highest BCUT2D eigenvalue weighted by atomic mass is 16.2. The number of hydrogen-bond acceptors (Lipinski definition) is 3. The molecule has 3 rings (SSSR count). The number of urea groups is 1. The number of nitrogens with one attached hydrogen (secondary N) is 2. The van der Waals surface area contributed by atoms with E-state index in [0.717, 1.165) is 17.9 Å². The lowest BCUT2D eigenvalue weighted by atomic mass is 9.92. The molecule has 1 aliphatic heterocycles. The minimum atomic E-state index is -1.17. The lowest BCUT2D eigenvalue weighted by molar-refractivity contribution is -0.139. The van der Waals surface area contributed by atoms with E-state index in [9.17, 15) is 14.4 Å². The minimum Gasteiger partial charge on any atom is -0.318 e. The van der Waals surface area contributed by atoms with E-state index in [0.29, 0.717) is 5.56 Å². The van der Waals surface area contributed by atoms with Gasteiger partial charge in [-0.1, -0.05) is 42.5 Å². The van der Waals surface area contributed by atoms with E-state index in [1.54, 1.807) is 31.2 Å². The summed E-state index contributed by atoms with van der Waals surface area (Å²) in [6.45, 7) is 1.63. The largest absolute Gasteiger partial charge is 0.344 e. The van der Waals surface area contributed by atoms with E-state index >= 15 is 0 Å². The average Bonchev–Trinajstić information content (AvgIpc) is 3.11. The van der Waals surface area contributed by atoms with Crippen LogP contribution in [0.5, 0.6) is 0 Å². The van der Waals surface area contributed by atoms with Gasteiger partial charge in [0.2, 0.25) is 5.91 Å². The van der Waals surface area contributed by atoms with E-state index in [1.165, 1.54) is 0 Å². The summed E-state index contributed by atoms with van der Waals surface area (Å²) in [5, 5.41) is 3.44. The smallest absolute Gasteiger partial charge is 0.318 e. The van der Waals surface area contributed by atoms with Gasteiger partial charge < -0.3 is 5.32 Å². The Labute approximate surface area is 134 Å². The van der Waals surface area contributed by atoms with Gasteiger partial charge in [-0.3, -0.25) is 15.0 Å². The van der Waals surface area contributed by atoms with Crippen molar-refractivity contribution in [3.63, 3.8) is 0 Å². The molecule has 0 spiro atoms. The van der Waals surface area contributed by atoms with Crippen molar-refractivity contribution < 1.29 is 14.4 Å². The molecule has 1 fully saturated rings. The lowest BCUT2D eigenvalue weighted by Gasteiger charge is -2.22. The zero-order valence-electron chi connectivity index (χ0n) is 12.9. The van der Waals surface area contributed by atoms with E-state index in [4.69, 9.17) is 0 Å². The molecule has 6 heteroatoms. The second kappa shape index (κ2) is 5.87. The molecule has 0 radical (unpaired) electrons. The molecule has 2 unspecified atom stereocenters. The van der Waals surface area contributed by atoms with Crippen LogP contribution in [-0.2, 0) is 15.1 Å². The summed E-state index contributed by atoms with van der Waals surface area (Å²) in [5.41, 5.74) is 1.94. The molecule has 1 aliphatic carbocycles. The molecule has 0 saturated carbocycles. The van der Waals surface area contributed by atoms with Crippen molar-refractivity contribution in [3.8, 4) is 0 Å². The molecule has 120 valence electrons. The third-order valence-electron chi connectivity index (χ3n) is 4.34. The number of rotatable bonds is 4. The number of imide groups is 1. The highest BCUT2D eigenvalue weighted by Crippen LogP contribution is 2.28. The van der Waals surface area contributed by atoms with Crippen LogP contribution in [-0.4, -0.2) is 22.9 Å². The predicted octanol–water partition coefficient (Wildman–Crippen LogP) is 1.84. The normalized spacial score (nSPS) is 26.5. The van der Waals surface area contributed by atoms with Gasteiger partial charge in [0.15, 0.2) is 0 Å². The first-order chi connectivity index (χ1) is 11.0. The van der Waals surface area contributed by atoms with Gasteiger partial charge in [0, 0.05) is 6.42 Å². The van der Waals surface area contributed by atoms with Crippen LogP contribution in [0.4, 0.5) is 4.79 Å². The predicted molar refractivity (Wildman–Crippen MR) is 83.8 cm³/mol. The van der Waals surface area contributed by atoms with E-state index in [2.05, 4.69) is 10.7 Å². The maximum atomic E-state index is 12.6. The summed E-state index contributed by atoms with van der Waals surface area (Å²) in [4.78, 5) is 36.8. The topological polar surface area (TPSA) is 78.5 Å². The fourth-order valence-corrected chi connectivity index (χ4v) is 2.98. The molecule has 0 bridgehead atoms. The van der Waals surface area contributed by atoms with Gasteiger partial charge in [0.05, 0.1) is 0 Å². The quantitative estimate of drug-likeness (QED) is 0.657. The Hall–Kier alpha value is -2.63. The van der Waals surface area contributed by atoms with Gasteiger partial charge in [0.25, 0.3) is 5.91 Å². The van der Waals surface area contributed by atoms with Crippen molar-refractivity contribution in [1.82, 2.24) is 15.8 Å². The van der Waals surface area contributed by atoms with Crippen molar-refractivity contribution in [2.45, 2.75) is 31.7 Å². The van der Waals surface area contributed by atoms with E-state index in [-0.39, 0.29) is 18.2 Å². The number of hydrogen-bond donors (Lipinski definition) is 2. The molecule has 1 aromatic rings. The summed E-state index contributed by atoms with van der Waals surface area (Å²) < 4.78 is 0. The molecule has 1 aromatic carbocycles. The molecule has 6 nitrogen and oxygen atoms in total. The number of carbonyl (C=O) groups excluding carboxylic acids is 3. The number of carbonyl (C=O) groups is 3. The molecule has 2 aliphatic rings. The summed E-state index contributed by atoms with van der Waals surface area (Å²) in [6.07, 6.45) is 6.20. The van der Waals surface area contributed by atoms with E-state index < -0.39 is 17.5 Å². The molecule has 1 heterocycles. The van der Waals surface area contributed by atoms with Gasteiger partial charge in [0.1, 0.15) is 5.54 Å². The minimum absolute atomic E-state index is 0.177. The standard InChI is InChI=1S/C17H19N3O3/c1-17(13-9-3-2-4-10-13)15(22)20(16(23)18-17)19-14(21)11-12-7-5-6-8-12/h2-5,7,9-10,12H,6,8,11H2,1H3,(H,18,23)(H,19,21). The monoisotopic (exact) mass is 313 g/mol. The zero-order valence-corrected chi connectivity index (χ0v) is 12.9. The fraction of sp³-hybridized carbons (Fsp3) is 0.353. The summed E-state index contributed by atoms with van der Waals surface area (Å²) in [5.74, 6) is -0.636. The van der Waals surface area contributed by atoms with Gasteiger partial charge >= 0.3 is 6.03 Å². The Kier molecular flexibility index (Phi) is 3.90. The Morgan fingerprint density at radius 3 is 2.74 bits per heavy atom. The third kappa shape index (κ3) is 2.84. The molecule has 4 amide bonds. The number of hydrazine groups is 1. The molecular weight excluding hydrogens is 294 g/mol. The third-order valence-corrected chi connectivity index (χ3v) is 4.34. The van der Waals surface area contributed by atoms with Crippen molar-refractivity contribution in [2.24, 2.45) is 5.92 Å². The lowest BCUT2D eigenvalue weighted by Crippen LogP contribution is -2.48. The van der Waals surface area contributed by atoms with Crippen molar-refractivity contribution >= 4 is 17.8 Å². The second-order valence-electron chi connectivity index (χ2n) is 6.07. The zero-order chi connectivity index (χ0) is 16.4. The highest BCUT2D eigenvalue weighted by molar-refractivity contribution is 6.08. The average molecular weight is 313 g/mol. The van der Waals surface area contributed by atoms with Gasteiger partial charge in [-0.05, 0) is 31.2 Å².